The molecule has 2 rings (SSSR count). The Labute approximate surface area is 127 Å². The van der Waals surface area contributed by atoms with Crippen LogP contribution in [0.2, 0.25) is 0 Å². The highest BCUT2D eigenvalue weighted by atomic mass is 32.1. The molecule has 2 aromatic rings. The van der Waals surface area contributed by atoms with E-state index in [4.69, 9.17) is 10.9 Å². The third-order valence-corrected chi connectivity index (χ3v) is 4.10. The first-order chi connectivity index (χ1) is 10.2. The fourth-order valence-electron chi connectivity index (χ4n) is 1.93. The lowest BCUT2D eigenvalue weighted by Gasteiger charge is -2.06. The summed E-state index contributed by atoms with van der Waals surface area (Å²) in [6.07, 6.45) is 0.848. The zero-order valence-electron chi connectivity index (χ0n) is 11.7. The van der Waals surface area contributed by atoms with E-state index >= 15 is 0 Å². The smallest absolute Gasteiger partial charge is 0.261 e. The first-order valence-corrected chi connectivity index (χ1v) is 7.45. The minimum Gasteiger partial charge on any atom is -0.409 e. The van der Waals surface area contributed by atoms with Crippen LogP contribution in [0.3, 0.4) is 0 Å². The van der Waals surface area contributed by atoms with Crippen LogP contribution in [-0.4, -0.2) is 17.0 Å². The van der Waals surface area contributed by atoms with Crippen LogP contribution < -0.4 is 11.1 Å². The van der Waals surface area contributed by atoms with Crippen molar-refractivity contribution in [1.29, 1.82) is 0 Å². The summed E-state index contributed by atoms with van der Waals surface area (Å²) in [4.78, 5) is 12.9. The van der Waals surface area contributed by atoms with Crippen molar-refractivity contribution in [3.8, 4) is 0 Å². The molecule has 6 heteroatoms. The van der Waals surface area contributed by atoms with E-state index in [1.165, 1.54) is 11.3 Å². The van der Waals surface area contributed by atoms with E-state index < -0.39 is 0 Å². The zero-order valence-corrected chi connectivity index (χ0v) is 12.5. The molecule has 0 aliphatic heterocycles. The highest BCUT2D eigenvalue weighted by Gasteiger charge is 2.11. The normalized spacial score (nSPS) is 11.4. The van der Waals surface area contributed by atoms with Crippen LogP contribution in [-0.2, 0) is 13.0 Å². The predicted molar refractivity (Wildman–Crippen MR) is 83.8 cm³/mol. The van der Waals surface area contributed by atoms with Crippen LogP contribution in [0.4, 0.5) is 0 Å². The van der Waals surface area contributed by atoms with Gasteiger partial charge in [0.05, 0.1) is 4.88 Å². The van der Waals surface area contributed by atoms with Gasteiger partial charge in [-0.2, -0.15) is 0 Å². The number of hydrogen-bond donors (Lipinski definition) is 3. The van der Waals surface area contributed by atoms with Gasteiger partial charge in [-0.25, -0.2) is 0 Å². The highest BCUT2D eigenvalue weighted by molar-refractivity contribution is 7.12. The van der Waals surface area contributed by atoms with Gasteiger partial charge in [0.15, 0.2) is 5.84 Å². The van der Waals surface area contributed by atoms with E-state index in [-0.39, 0.29) is 11.7 Å². The molecule has 110 valence electrons. The number of oxime groups is 1. The number of amides is 1. The maximum Gasteiger partial charge on any atom is 0.261 e. The van der Waals surface area contributed by atoms with Gasteiger partial charge in [0.1, 0.15) is 0 Å². The van der Waals surface area contributed by atoms with Crippen molar-refractivity contribution in [3.05, 3.63) is 57.3 Å². The van der Waals surface area contributed by atoms with Crippen molar-refractivity contribution in [2.45, 2.75) is 19.9 Å². The molecule has 4 N–H and O–H groups in total. The number of nitrogens with two attached hydrogens (primary N) is 1. The summed E-state index contributed by atoms with van der Waals surface area (Å²) in [7, 11) is 0. The summed E-state index contributed by atoms with van der Waals surface area (Å²) in [6, 6.07) is 9.15. The summed E-state index contributed by atoms with van der Waals surface area (Å²) in [5, 5.41) is 16.4. The van der Waals surface area contributed by atoms with Crippen molar-refractivity contribution < 1.29 is 10.0 Å². The number of nitrogens with zero attached hydrogens (tertiary/aromatic N) is 1. The van der Waals surface area contributed by atoms with Gasteiger partial charge in [-0.15, -0.1) is 11.3 Å². The molecule has 0 unspecified atom stereocenters. The molecule has 0 saturated heterocycles. The largest absolute Gasteiger partial charge is 0.409 e. The monoisotopic (exact) mass is 303 g/mol. The van der Waals surface area contributed by atoms with Crippen molar-refractivity contribution >= 4 is 23.1 Å². The second-order valence-electron chi connectivity index (χ2n) is 4.49. The Morgan fingerprint density at radius 2 is 2.05 bits per heavy atom. The van der Waals surface area contributed by atoms with Crippen LogP contribution in [0.1, 0.15) is 33.3 Å². The van der Waals surface area contributed by atoms with Crippen molar-refractivity contribution in [2.24, 2.45) is 10.9 Å². The van der Waals surface area contributed by atoms with Crippen molar-refractivity contribution in [2.75, 3.05) is 0 Å². The number of nitrogens with one attached hydrogen (secondary N) is 1. The Hall–Kier alpha value is -2.34. The lowest BCUT2D eigenvalue weighted by atomic mass is 10.1. The number of amidine groups is 1. The second-order valence-corrected chi connectivity index (χ2v) is 5.41. The first kappa shape index (κ1) is 15.1. The van der Waals surface area contributed by atoms with Gasteiger partial charge in [-0.05, 0) is 29.0 Å². The maximum atomic E-state index is 12.1. The number of carbonyl (C=O) groups is 1. The van der Waals surface area contributed by atoms with E-state index in [1.54, 1.807) is 12.1 Å². The molecule has 0 aliphatic rings. The van der Waals surface area contributed by atoms with E-state index in [9.17, 15) is 4.79 Å². The van der Waals surface area contributed by atoms with E-state index in [2.05, 4.69) is 10.5 Å². The summed E-state index contributed by atoms with van der Waals surface area (Å²) in [6.45, 7) is 2.47. The molecule has 0 aliphatic carbocycles. The number of hydrogen-bond acceptors (Lipinski definition) is 4. The summed E-state index contributed by atoms with van der Waals surface area (Å²) in [5.74, 6) is 0.0131. The van der Waals surface area contributed by atoms with Crippen LogP contribution in [0.5, 0.6) is 0 Å². The second kappa shape index (κ2) is 6.90. The molecular weight excluding hydrogens is 286 g/mol. The fourth-order valence-corrected chi connectivity index (χ4v) is 2.84. The Bertz CT molecular complexity index is 647. The standard InChI is InChI=1S/C15H17N3O2S/c1-2-11-7-8-21-13(11)15(19)17-9-10-3-5-12(6-4-10)14(16)18-20/h3-8,20H,2,9H2,1H3,(H2,16,18)(H,17,19). The molecule has 0 bridgehead atoms. The number of aryl methyl sites for hydroxylation is 1. The molecular formula is C15H17N3O2S. The van der Waals surface area contributed by atoms with Gasteiger partial charge < -0.3 is 16.3 Å². The summed E-state index contributed by atoms with van der Waals surface area (Å²) in [5.41, 5.74) is 8.15. The lowest BCUT2D eigenvalue weighted by molar-refractivity contribution is 0.0954. The molecule has 1 aromatic heterocycles. The molecule has 0 atom stereocenters. The minimum absolute atomic E-state index is 0.0534. The van der Waals surface area contributed by atoms with Crippen LogP contribution in [0.25, 0.3) is 0 Å². The molecule has 0 saturated carbocycles. The summed E-state index contributed by atoms with van der Waals surface area (Å²) >= 11 is 1.45. The molecule has 1 aromatic carbocycles. The average Bonchev–Trinajstić information content (AvgIpc) is 3.01. The quantitative estimate of drug-likeness (QED) is 0.343. The molecule has 1 heterocycles. The number of rotatable bonds is 5. The van der Waals surface area contributed by atoms with Gasteiger partial charge in [0.25, 0.3) is 5.91 Å². The lowest BCUT2D eigenvalue weighted by Crippen LogP contribution is -2.22. The molecule has 0 fully saturated rings. The molecule has 21 heavy (non-hydrogen) atoms. The maximum absolute atomic E-state index is 12.1. The predicted octanol–water partition coefficient (Wildman–Crippen LogP) is 2.34. The topological polar surface area (TPSA) is 87.7 Å². The van der Waals surface area contributed by atoms with Crippen LogP contribution >= 0.6 is 11.3 Å². The Kier molecular flexibility index (Phi) is 4.94. The fraction of sp³-hybridized carbons (Fsp3) is 0.200. The van der Waals surface area contributed by atoms with Gasteiger partial charge in [0.2, 0.25) is 0 Å². The first-order valence-electron chi connectivity index (χ1n) is 6.57. The zero-order chi connectivity index (χ0) is 15.2. The van der Waals surface area contributed by atoms with Crippen LogP contribution in [0.15, 0.2) is 40.9 Å². The molecule has 0 spiro atoms. The molecule has 0 radical (unpaired) electrons. The van der Waals surface area contributed by atoms with E-state index in [1.807, 2.05) is 30.5 Å². The molecule has 1 amide bonds. The highest BCUT2D eigenvalue weighted by Crippen LogP contribution is 2.17. The van der Waals surface area contributed by atoms with E-state index in [0.717, 1.165) is 22.4 Å². The minimum atomic E-state index is -0.0534. The van der Waals surface area contributed by atoms with Gasteiger partial charge in [-0.1, -0.05) is 36.3 Å². The average molecular weight is 303 g/mol. The third kappa shape index (κ3) is 3.61. The number of carbonyl (C=O) groups excluding carboxylic acids is 1. The SMILES string of the molecule is CCc1ccsc1C(=O)NCc1ccc(/C(N)=N/O)cc1. The van der Waals surface area contributed by atoms with Gasteiger partial charge in [-0.3, -0.25) is 4.79 Å². The Morgan fingerprint density at radius 1 is 1.33 bits per heavy atom. The number of thiophene rings is 1. The van der Waals surface area contributed by atoms with E-state index in [0.29, 0.717) is 12.1 Å². The van der Waals surface area contributed by atoms with Gasteiger partial charge in [0, 0.05) is 12.1 Å². The number of benzene rings is 1. The van der Waals surface area contributed by atoms with Gasteiger partial charge >= 0.3 is 0 Å². The Morgan fingerprint density at radius 3 is 2.67 bits per heavy atom. The van der Waals surface area contributed by atoms with Crippen molar-refractivity contribution in [3.63, 3.8) is 0 Å². The van der Waals surface area contributed by atoms with Crippen molar-refractivity contribution in [1.82, 2.24) is 5.32 Å². The third-order valence-electron chi connectivity index (χ3n) is 3.14. The Balaban J connectivity index is 1.98. The molecule has 5 nitrogen and oxygen atoms in total. The summed E-state index contributed by atoms with van der Waals surface area (Å²) < 4.78 is 0. The van der Waals surface area contributed by atoms with Crippen LogP contribution in [0, 0.1) is 0 Å².